The SMILES string of the molecule is CCOc1cccc([C@@H]2C(=C(O)c3ccc4c(c3)OCCO4)C(=O)C(=O)N2CCCN2CCOCC2)c1. The smallest absolute Gasteiger partial charge is 0.295 e. The van der Waals surface area contributed by atoms with Gasteiger partial charge in [0.2, 0.25) is 0 Å². The first-order chi connectivity index (χ1) is 18.1. The van der Waals surface area contributed by atoms with Crippen molar-refractivity contribution in [2.24, 2.45) is 0 Å². The molecule has 0 bridgehead atoms. The second-order valence-corrected chi connectivity index (χ2v) is 9.16. The quantitative estimate of drug-likeness (QED) is 0.330. The van der Waals surface area contributed by atoms with Gasteiger partial charge in [-0.15, -0.1) is 0 Å². The number of nitrogens with zero attached hydrogens (tertiary/aromatic N) is 2. The lowest BCUT2D eigenvalue weighted by Crippen LogP contribution is -2.38. The van der Waals surface area contributed by atoms with Crippen LogP contribution in [-0.2, 0) is 14.3 Å². The molecule has 0 aliphatic carbocycles. The molecule has 1 amide bonds. The van der Waals surface area contributed by atoms with Crippen LogP contribution in [0.1, 0.15) is 30.5 Å². The fraction of sp³-hybridized carbons (Fsp3) is 0.429. The van der Waals surface area contributed by atoms with Gasteiger partial charge in [-0.1, -0.05) is 12.1 Å². The van der Waals surface area contributed by atoms with Crippen LogP contribution < -0.4 is 14.2 Å². The van der Waals surface area contributed by atoms with Crippen LogP contribution in [0, 0.1) is 0 Å². The first-order valence-electron chi connectivity index (χ1n) is 12.8. The average molecular weight is 509 g/mol. The van der Waals surface area contributed by atoms with E-state index in [0.717, 1.165) is 19.6 Å². The van der Waals surface area contributed by atoms with Gasteiger partial charge in [0.25, 0.3) is 11.7 Å². The van der Waals surface area contributed by atoms with Gasteiger partial charge in [0.05, 0.1) is 31.4 Å². The summed E-state index contributed by atoms with van der Waals surface area (Å²) in [7, 11) is 0. The molecular weight excluding hydrogens is 476 g/mol. The standard InChI is InChI=1S/C28H32N2O7/c1-2-35-21-6-3-5-19(17-21)25-24(26(31)20-7-8-22-23(18-20)37-16-15-36-22)27(32)28(33)30(25)10-4-9-29-11-13-34-14-12-29/h3,5-8,17-18,25,31H,2,4,9-16H2,1H3/t25-/m1/s1. The van der Waals surface area contributed by atoms with E-state index in [9.17, 15) is 14.7 Å². The number of ketones is 1. The van der Waals surface area contributed by atoms with E-state index in [1.807, 2.05) is 31.2 Å². The van der Waals surface area contributed by atoms with E-state index < -0.39 is 17.7 Å². The molecule has 1 atom stereocenters. The minimum Gasteiger partial charge on any atom is -0.507 e. The molecule has 2 aromatic rings. The maximum Gasteiger partial charge on any atom is 0.295 e. The summed E-state index contributed by atoms with van der Waals surface area (Å²) in [5.41, 5.74) is 1.15. The summed E-state index contributed by atoms with van der Waals surface area (Å²) >= 11 is 0. The zero-order chi connectivity index (χ0) is 25.8. The summed E-state index contributed by atoms with van der Waals surface area (Å²) in [6, 6.07) is 11.6. The van der Waals surface area contributed by atoms with Crippen molar-refractivity contribution >= 4 is 17.4 Å². The lowest BCUT2D eigenvalue weighted by atomic mass is 9.95. The highest BCUT2D eigenvalue weighted by atomic mass is 16.6. The number of rotatable bonds is 8. The molecule has 9 heteroatoms. The van der Waals surface area contributed by atoms with Crippen molar-refractivity contribution in [1.82, 2.24) is 9.80 Å². The van der Waals surface area contributed by atoms with Gasteiger partial charge < -0.3 is 29.0 Å². The van der Waals surface area contributed by atoms with Crippen molar-refractivity contribution in [1.29, 1.82) is 0 Å². The molecular formula is C28H32N2O7. The summed E-state index contributed by atoms with van der Waals surface area (Å²) in [5, 5.41) is 11.4. The number of morpholine rings is 1. The molecule has 2 aromatic carbocycles. The van der Waals surface area contributed by atoms with Crippen LogP contribution in [0.2, 0.25) is 0 Å². The Bertz CT molecular complexity index is 1190. The fourth-order valence-corrected chi connectivity index (χ4v) is 5.03. The van der Waals surface area contributed by atoms with E-state index in [4.69, 9.17) is 18.9 Å². The molecule has 1 N–H and O–H groups in total. The summed E-state index contributed by atoms with van der Waals surface area (Å²) in [5.74, 6) is 0.145. The van der Waals surface area contributed by atoms with Gasteiger partial charge in [0.15, 0.2) is 11.5 Å². The monoisotopic (exact) mass is 508 g/mol. The Labute approximate surface area is 216 Å². The molecule has 0 spiro atoms. The van der Waals surface area contributed by atoms with Gasteiger partial charge in [-0.3, -0.25) is 14.5 Å². The predicted molar refractivity (Wildman–Crippen MR) is 136 cm³/mol. The zero-order valence-corrected chi connectivity index (χ0v) is 21.0. The largest absolute Gasteiger partial charge is 0.507 e. The van der Waals surface area contributed by atoms with Crippen LogP contribution in [-0.4, -0.2) is 85.8 Å². The molecule has 37 heavy (non-hydrogen) atoms. The van der Waals surface area contributed by atoms with Gasteiger partial charge in [-0.25, -0.2) is 0 Å². The lowest BCUT2D eigenvalue weighted by Gasteiger charge is -2.29. The molecule has 3 heterocycles. The fourth-order valence-electron chi connectivity index (χ4n) is 5.03. The van der Waals surface area contributed by atoms with Gasteiger partial charge in [0, 0.05) is 31.7 Å². The number of ether oxygens (including phenoxy) is 4. The van der Waals surface area contributed by atoms with E-state index in [-0.39, 0.29) is 11.3 Å². The third-order valence-electron chi connectivity index (χ3n) is 6.82. The number of fused-ring (bicyclic) bond motifs is 1. The topological polar surface area (TPSA) is 97.8 Å². The normalized spacial score (nSPS) is 21.3. The Kier molecular flexibility index (Phi) is 7.62. The van der Waals surface area contributed by atoms with Crippen LogP contribution >= 0.6 is 0 Å². The molecule has 3 aliphatic rings. The van der Waals surface area contributed by atoms with Crippen LogP contribution in [0.3, 0.4) is 0 Å². The summed E-state index contributed by atoms with van der Waals surface area (Å²) in [6.45, 7) is 7.50. The second-order valence-electron chi connectivity index (χ2n) is 9.16. The van der Waals surface area contributed by atoms with Crippen molar-refractivity contribution < 1.29 is 33.6 Å². The highest BCUT2D eigenvalue weighted by Gasteiger charge is 2.46. The van der Waals surface area contributed by atoms with Crippen LogP contribution in [0.5, 0.6) is 17.2 Å². The highest BCUT2D eigenvalue weighted by molar-refractivity contribution is 6.46. The number of hydrogen-bond acceptors (Lipinski definition) is 8. The molecule has 0 aromatic heterocycles. The third kappa shape index (κ3) is 5.28. The number of carbonyl (C=O) groups excluding carboxylic acids is 2. The van der Waals surface area contributed by atoms with Gasteiger partial charge in [-0.05, 0) is 49.2 Å². The Morgan fingerprint density at radius 1 is 1.00 bits per heavy atom. The Morgan fingerprint density at radius 2 is 1.78 bits per heavy atom. The molecule has 5 rings (SSSR count). The number of likely N-dealkylation sites (tertiary alicyclic amines) is 1. The van der Waals surface area contributed by atoms with Crippen molar-refractivity contribution in [3.8, 4) is 17.2 Å². The minimum absolute atomic E-state index is 0.0571. The van der Waals surface area contributed by atoms with Crippen LogP contribution in [0.4, 0.5) is 0 Å². The number of amides is 1. The van der Waals surface area contributed by atoms with Crippen LogP contribution in [0.25, 0.3) is 5.76 Å². The van der Waals surface area contributed by atoms with Crippen LogP contribution in [0.15, 0.2) is 48.0 Å². The lowest BCUT2D eigenvalue weighted by molar-refractivity contribution is -0.140. The Morgan fingerprint density at radius 3 is 2.57 bits per heavy atom. The first-order valence-corrected chi connectivity index (χ1v) is 12.8. The molecule has 2 fully saturated rings. The summed E-state index contributed by atoms with van der Waals surface area (Å²) in [4.78, 5) is 30.5. The number of aliphatic hydroxyl groups is 1. The Hall–Kier alpha value is -3.56. The number of benzene rings is 2. The summed E-state index contributed by atoms with van der Waals surface area (Å²) in [6.07, 6.45) is 0.693. The molecule has 0 unspecified atom stereocenters. The number of carbonyl (C=O) groups is 2. The van der Waals surface area contributed by atoms with E-state index in [2.05, 4.69) is 4.90 Å². The van der Waals surface area contributed by atoms with E-state index in [1.165, 1.54) is 0 Å². The summed E-state index contributed by atoms with van der Waals surface area (Å²) < 4.78 is 22.3. The van der Waals surface area contributed by atoms with E-state index in [1.54, 1.807) is 23.1 Å². The third-order valence-corrected chi connectivity index (χ3v) is 6.82. The second kappa shape index (κ2) is 11.2. The van der Waals surface area contributed by atoms with Gasteiger partial charge in [0.1, 0.15) is 24.7 Å². The number of hydrogen-bond donors (Lipinski definition) is 1. The van der Waals surface area contributed by atoms with E-state index >= 15 is 0 Å². The molecule has 196 valence electrons. The zero-order valence-electron chi connectivity index (χ0n) is 21.0. The molecule has 0 radical (unpaired) electrons. The molecule has 0 saturated carbocycles. The molecule has 2 saturated heterocycles. The van der Waals surface area contributed by atoms with Crippen molar-refractivity contribution in [3.05, 3.63) is 59.2 Å². The maximum atomic E-state index is 13.4. The number of aliphatic hydroxyl groups excluding tert-OH is 1. The molecule has 3 aliphatic heterocycles. The van der Waals surface area contributed by atoms with Gasteiger partial charge in [-0.2, -0.15) is 0 Å². The van der Waals surface area contributed by atoms with Gasteiger partial charge >= 0.3 is 0 Å². The van der Waals surface area contributed by atoms with Crippen molar-refractivity contribution in [2.75, 3.05) is 59.2 Å². The van der Waals surface area contributed by atoms with Crippen molar-refractivity contribution in [3.63, 3.8) is 0 Å². The number of Topliss-reactive ketones (excluding diaryl/α,β-unsaturated/α-hetero) is 1. The maximum absolute atomic E-state index is 13.4. The minimum atomic E-state index is -0.738. The van der Waals surface area contributed by atoms with Crippen molar-refractivity contribution in [2.45, 2.75) is 19.4 Å². The first kappa shape index (κ1) is 25.1. The average Bonchev–Trinajstić information content (AvgIpc) is 3.18. The predicted octanol–water partition coefficient (Wildman–Crippen LogP) is 3.00. The Balaban J connectivity index is 1.50. The van der Waals surface area contributed by atoms with E-state index in [0.29, 0.717) is 74.4 Å². The highest BCUT2D eigenvalue weighted by Crippen LogP contribution is 2.41. The molecule has 9 nitrogen and oxygen atoms in total.